The number of H-pyrrole nitrogens is 1. The monoisotopic (exact) mass is 307 g/mol. The molecule has 4 aromatic rings. The molecule has 4 rings (SSSR count). The molecule has 0 aliphatic carbocycles. The highest BCUT2D eigenvalue weighted by atomic mass is 16.2. The van der Waals surface area contributed by atoms with Crippen molar-refractivity contribution in [2.75, 3.05) is 5.32 Å². The molecular weight excluding hydrogens is 294 g/mol. The van der Waals surface area contributed by atoms with Gasteiger partial charge in [-0.05, 0) is 36.4 Å². The van der Waals surface area contributed by atoms with Gasteiger partial charge in [-0.25, -0.2) is 14.3 Å². The van der Waals surface area contributed by atoms with E-state index in [0.717, 1.165) is 10.9 Å². The van der Waals surface area contributed by atoms with Gasteiger partial charge < -0.3 is 9.88 Å². The van der Waals surface area contributed by atoms with Gasteiger partial charge in [-0.15, -0.1) is 0 Å². The topological polar surface area (TPSA) is 84.2 Å². The van der Waals surface area contributed by atoms with E-state index in [9.17, 15) is 9.59 Å². The zero-order chi connectivity index (χ0) is 16.0. The number of rotatable bonds is 2. The van der Waals surface area contributed by atoms with Gasteiger partial charge in [0.15, 0.2) is 5.65 Å². The number of pyridine rings is 1. The summed E-state index contributed by atoms with van der Waals surface area (Å²) in [6.07, 6.45) is 3.44. The Morgan fingerprint density at radius 1 is 1.22 bits per heavy atom. The Morgan fingerprint density at radius 2 is 2.09 bits per heavy atom. The maximum Gasteiger partial charge on any atom is 0.347 e. The number of aromatic amines is 1. The van der Waals surface area contributed by atoms with E-state index in [1.165, 1.54) is 10.6 Å². The van der Waals surface area contributed by atoms with Crippen LogP contribution in [0.5, 0.6) is 0 Å². The molecule has 0 radical (unpaired) electrons. The zero-order valence-corrected chi connectivity index (χ0v) is 12.3. The number of aromatic nitrogens is 4. The molecule has 23 heavy (non-hydrogen) atoms. The normalized spacial score (nSPS) is 11.2. The maximum absolute atomic E-state index is 12.4. The Morgan fingerprint density at radius 3 is 2.96 bits per heavy atom. The Balaban J connectivity index is 1.66. The molecule has 3 aromatic heterocycles. The van der Waals surface area contributed by atoms with Gasteiger partial charge in [0.2, 0.25) is 0 Å². The molecule has 0 saturated heterocycles. The molecule has 2 N–H and O–H groups in total. The van der Waals surface area contributed by atoms with Crippen LogP contribution >= 0.6 is 0 Å². The lowest BCUT2D eigenvalue weighted by Crippen LogP contribution is -2.15. The van der Waals surface area contributed by atoms with Crippen molar-refractivity contribution in [3.8, 4) is 0 Å². The SMILES string of the molecule is Cn1ccc2cc(NC(=O)c3ccc4n[nH]c(=O)n4c3)ccc21. The zero-order valence-electron chi connectivity index (χ0n) is 12.3. The Labute approximate surface area is 130 Å². The Kier molecular flexibility index (Phi) is 2.80. The average molecular weight is 307 g/mol. The summed E-state index contributed by atoms with van der Waals surface area (Å²) in [6.45, 7) is 0. The largest absolute Gasteiger partial charge is 0.351 e. The number of nitrogens with zero attached hydrogens (tertiary/aromatic N) is 3. The predicted molar refractivity (Wildman–Crippen MR) is 86.7 cm³/mol. The fourth-order valence-electron chi connectivity index (χ4n) is 2.60. The standard InChI is InChI=1S/C16H13N5O2/c1-20-7-6-10-8-12(3-4-13(10)20)17-15(22)11-2-5-14-18-19-16(23)21(14)9-11/h2-9H,1H3,(H,17,22)(H,19,23). The molecule has 114 valence electrons. The minimum atomic E-state index is -0.375. The van der Waals surface area contributed by atoms with Crippen molar-refractivity contribution in [2.45, 2.75) is 0 Å². The maximum atomic E-state index is 12.4. The van der Waals surface area contributed by atoms with Crippen LogP contribution in [-0.4, -0.2) is 25.1 Å². The number of hydrogen-bond acceptors (Lipinski definition) is 3. The lowest BCUT2D eigenvalue weighted by Gasteiger charge is -2.06. The first kappa shape index (κ1) is 13.3. The van der Waals surface area contributed by atoms with Crippen molar-refractivity contribution in [3.05, 3.63) is 64.8 Å². The van der Waals surface area contributed by atoms with Crippen LogP contribution < -0.4 is 11.0 Å². The second-order valence-electron chi connectivity index (χ2n) is 5.33. The van der Waals surface area contributed by atoms with Crippen molar-refractivity contribution in [2.24, 2.45) is 7.05 Å². The minimum absolute atomic E-state index is 0.282. The molecule has 0 unspecified atom stereocenters. The van der Waals surface area contributed by atoms with E-state index < -0.39 is 0 Å². The van der Waals surface area contributed by atoms with Crippen LogP contribution in [0.3, 0.4) is 0 Å². The summed E-state index contributed by atoms with van der Waals surface area (Å²) in [5.74, 6) is -0.282. The van der Waals surface area contributed by atoms with Crippen molar-refractivity contribution >= 4 is 28.1 Å². The molecule has 1 amide bonds. The first-order chi connectivity index (χ1) is 11.1. The van der Waals surface area contributed by atoms with Crippen LogP contribution in [0.15, 0.2) is 53.6 Å². The summed E-state index contributed by atoms with van der Waals surface area (Å²) >= 11 is 0. The second kappa shape index (κ2) is 4.84. The van der Waals surface area contributed by atoms with Crippen LogP contribution in [0.1, 0.15) is 10.4 Å². The molecule has 7 nitrogen and oxygen atoms in total. The lowest BCUT2D eigenvalue weighted by atomic mass is 10.2. The smallest absolute Gasteiger partial charge is 0.347 e. The van der Waals surface area contributed by atoms with E-state index in [2.05, 4.69) is 15.5 Å². The third-order valence-corrected chi connectivity index (χ3v) is 3.82. The molecule has 0 saturated carbocycles. The average Bonchev–Trinajstić information content (AvgIpc) is 3.11. The number of carbonyl (C=O) groups is 1. The number of anilines is 1. The van der Waals surface area contributed by atoms with Gasteiger partial charge in [-0.2, -0.15) is 5.10 Å². The van der Waals surface area contributed by atoms with E-state index in [1.807, 2.05) is 42.1 Å². The number of nitrogens with one attached hydrogen (secondary N) is 2. The van der Waals surface area contributed by atoms with Gasteiger partial charge in [-0.3, -0.25) is 4.79 Å². The summed E-state index contributed by atoms with van der Waals surface area (Å²) in [4.78, 5) is 23.9. The molecule has 1 aromatic carbocycles. The third-order valence-electron chi connectivity index (χ3n) is 3.82. The van der Waals surface area contributed by atoms with Gasteiger partial charge in [0, 0.05) is 36.0 Å². The van der Waals surface area contributed by atoms with Gasteiger partial charge in [-0.1, -0.05) is 0 Å². The van der Waals surface area contributed by atoms with Crippen LogP contribution in [0.2, 0.25) is 0 Å². The van der Waals surface area contributed by atoms with Crippen LogP contribution in [0.25, 0.3) is 16.6 Å². The number of aryl methyl sites for hydroxylation is 1. The molecule has 3 heterocycles. The summed E-state index contributed by atoms with van der Waals surface area (Å²) in [7, 11) is 1.97. The molecule has 7 heteroatoms. The van der Waals surface area contributed by atoms with Crippen molar-refractivity contribution < 1.29 is 4.79 Å². The molecule has 0 fully saturated rings. The summed E-state index contributed by atoms with van der Waals surface area (Å²) in [6, 6.07) is 11.0. The summed E-state index contributed by atoms with van der Waals surface area (Å²) in [5, 5.41) is 10.1. The number of benzene rings is 1. The van der Waals surface area contributed by atoms with E-state index >= 15 is 0 Å². The first-order valence-corrected chi connectivity index (χ1v) is 7.05. The molecule has 0 atom stereocenters. The first-order valence-electron chi connectivity index (χ1n) is 7.05. The highest BCUT2D eigenvalue weighted by molar-refractivity contribution is 6.05. The van der Waals surface area contributed by atoms with Crippen molar-refractivity contribution in [3.63, 3.8) is 0 Å². The van der Waals surface area contributed by atoms with E-state index in [0.29, 0.717) is 16.9 Å². The van der Waals surface area contributed by atoms with E-state index in [4.69, 9.17) is 0 Å². The van der Waals surface area contributed by atoms with Gasteiger partial charge in [0.05, 0.1) is 5.56 Å². The highest BCUT2D eigenvalue weighted by Crippen LogP contribution is 2.20. The Hall–Kier alpha value is -3.35. The van der Waals surface area contributed by atoms with Gasteiger partial charge >= 0.3 is 5.69 Å². The molecular formula is C16H13N5O2. The third kappa shape index (κ3) is 2.18. The number of amides is 1. The number of hydrogen-bond donors (Lipinski definition) is 2. The second-order valence-corrected chi connectivity index (χ2v) is 5.33. The lowest BCUT2D eigenvalue weighted by molar-refractivity contribution is 0.102. The van der Waals surface area contributed by atoms with Crippen molar-refractivity contribution in [1.29, 1.82) is 0 Å². The number of fused-ring (bicyclic) bond motifs is 2. The molecule has 0 aliphatic rings. The quantitative estimate of drug-likeness (QED) is 0.592. The predicted octanol–water partition coefficient (Wildman–Crippen LogP) is 1.77. The van der Waals surface area contributed by atoms with Crippen LogP contribution in [0, 0.1) is 0 Å². The van der Waals surface area contributed by atoms with Gasteiger partial charge in [0.1, 0.15) is 0 Å². The number of carbonyl (C=O) groups excluding carboxylic acids is 1. The Bertz CT molecular complexity index is 1100. The summed E-state index contributed by atoms with van der Waals surface area (Å²) < 4.78 is 3.31. The fourth-order valence-corrected chi connectivity index (χ4v) is 2.60. The van der Waals surface area contributed by atoms with Gasteiger partial charge in [0.25, 0.3) is 5.91 Å². The van der Waals surface area contributed by atoms with Crippen molar-refractivity contribution in [1.82, 2.24) is 19.2 Å². The van der Waals surface area contributed by atoms with Crippen LogP contribution in [0.4, 0.5) is 5.69 Å². The molecule has 0 spiro atoms. The van der Waals surface area contributed by atoms with E-state index in [-0.39, 0.29) is 11.6 Å². The summed E-state index contributed by atoms with van der Waals surface area (Å²) in [5.41, 5.74) is 2.27. The van der Waals surface area contributed by atoms with E-state index in [1.54, 1.807) is 12.1 Å². The fraction of sp³-hybridized carbons (Fsp3) is 0.0625. The molecule has 0 aliphatic heterocycles. The highest BCUT2D eigenvalue weighted by Gasteiger charge is 2.09. The minimum Gasteiger partial charge on any atom is -0.351 e. The molecule has 0 bridgehead atoms. The van der Waals surface area contributed by atoms with Crippen LogP contribution in [-0.2, 0) is 7.05 Å².